The van der Waals surface area contributed by atoms with Crippen molar-refractivity contribution in [1.82, 2.24) is 14.9 Å². The molecule has 1 fully saturated rings. The number of fused-ring (bicyclic) bond motifs is 1. The molecular weight excluding hydrogens is 238 g/mol. The fourth-order valence-corrected chi connectivity index (χ4v) is 4.76. The molecule has 0 saturated carbocycles. The van der Waals surface area contributed by atoms with Gasteiger partial charge in [0.2, 0.25) is 0 Å². The summed E-state index contributed by atoms with van der Waals surface area (Å²) in [6, 6.07) is 0. The first-order valence-electron chi connectivity index (χ1n) is 6.06. The van der Waals surface area contributed by atoms with Crippen LogP contribution < -0.4 is 5.32 Å². The summed E-state index contributed by atoms with van der Waals surface area (Å²) in [6.45, 7) is 1.71. The Bertz CT molecular complexity index is 547. The second kappa shape index (κ2) is 3.81. The van der Waals surface area contributed by atoms with Crippen molar-refractivity contribution in [2.75, 3.05) is 12.3 Å². The second-order valence-corrected chi connectivity index (χ2v) is 7.15. The van der Waals surface area contributed by atoms with E-state index in [9.17, 15) is 8.42 Å². The van der Waals surface area contributed by atoms with E-state index in [0.717, 1.165) is 43.9 Å². The Kier molecular flexibility index (Phi) is 2.52. The van der Waals surface area contributed by atoms with E-state index < -0.39 is 9.84 Å². The van der Waals surface area contributed by atoms with Crippen LogP contribution in [-0.2, 0) is 29.9 Å². The van der Waals surface area contributed by atoms with Crippen LogP contribution in [0, 0.1) is 0 Å². The summed E-state index contributed by atoms with van der Waals surface area (Å²) < 4.78 is 25.9. The van der Waals surface area contributed by atoms with Crippen molar-refractivity contribution in [1.29, 1.82) is 0 Å². The van der Waals surface area contributed by atoms with Crippen molar-refractivity contribution in [2.45, 2.75) is 31.1 Å². The number of imidazole rings is 1. The lowest BCUT2D eigenvalue weighted by Crippen LogP contribution is -2.24. The molecule has 3 rings (SSSR count). The summed E-state index contributed by atoms with van der Waals surface area (Å²) in [5, 5.41) is 2.89. The molecule has 0 amide bonds. The van der Waals surface area contributed by atoms with E-state index in [1.807, 2.05) is 11.6 Å². The Labute approximate surface area is 101 Å². The maximum absolute atomic E-state index is 12.0. The summed E-state index contributed by atoms with van der Waals surface area (Å²) in [5.41, 5.74) is 2.22. The van der Waals surface area contributed by atoms with Gasteiger partial charge in [-0.1, -0.05) is 0 Å². The lowest BCUT2D eigenvalue weighted by molar-refractivity contribution is 0.583. The second-order valence-electron chi connectivity index (χ2n) is 4.85. The third kappa shape index (κ3) is 1.70. The number of rotatable bonds is 1. The Morgan fingerprint density at radius 1 is 1.47 bits per heavy atom. The number of nitrogens with one attached hydrogen (secondary N) is 1. The van der Waals surface area contributed by atoms with Crippen LogP contribution in [0.2, 0.25) is 0 Å². The van der Waals surface area contributed by atoms with Gasteiger partial charge in [-0.05, 0) is 12.8 Å². The first-order chi connectivity index (χ1) is 8.09. The van der Waals surface area contributed by atoms with Gasteiger partial charge in [-0.15, -0.1) is 0 Å². The summed E-state index contributed by atoms with van der Waals surface area (Å²) in [6.07, 6.45) is 2.42. The zero-order chi connectivity index (χ0) is 12.0. The molecule has 0 aliphatic carbocycles. The predicted octanol–water partition coefficient (Wildman–Crippen LogP) is 0.315. The van der Waals surface area contributed by atoms with Gasteiger partial charge >= 0.3 is 0 Å². The Morgan fingerprint density at radius 3 is 2.94 bits per heavy atom. The van der Waals surface area contributed by atoms with Crippen LogP contribution in [0.4, 0.5) is 0 Å². The van der Waals surface area contributed by atoms with Crippen LogP contribution in [0.15, 0.2) is 0 Å². The van der Waals surface area contributed by atoms with Crippen molar-refractivity contribution in [2.24, 2.45) is 7.05 Å². The molecular formula is C11H17N3O2S. The van der Waals surface area contributed by atoms with Gasteiger partial charge in [0.1, 0.15) is 11.1 Å². The molecule has 0 radical (unpaired) electrons. The Hall–Kier alpha value is -0.880. The zero-order valence-corrected chi connectivity index (χ0v) is 10.8. The highest BCUT2D eigenvalue weighted by atomic mass is 32.2. The summed E-state index contributed by atoms with van der Waals surface area (Å²) in [7, 11) is -1.02. The molecule has 3 heterocycles. The monoisotopic (exact) mass is 255 g/mol. The number of hydrogen-bond acceptors (Lipinski definition) is 4. The minimum Gasteiger partial charge on any atom is -0.334 e. The lowest BCUT2D eigenvalue weighted by Gasteiger charge is -2.13. The van der Waals surface area contributed by atoms with Gasteiger partial charge in [-0.2, -0.15) is 0 Å². The van der Waals surface area contributed by atoms with Gasteiger partial charge in [0.05, 0.1) is 11.4 Å². The highest BCUT2D eigenvalue weighted by molar-refractivity contribution is 7.91. The van der Waals surface area contributed by atoms with Crippen molar-refractivity contribution in [3.63, 3.8) is 0 Å². The largest absolute Gasteiger partial charge is 0.334 e. The average Bonchev–Trinajstić information content (AvgIpc) is 2.80. The van der Waals surface area contributed by atoms with Gasteiger partial charge < -0.3 is 9.88 Å². The molecule has 0 bridgehead atoms. The normalized spacial score (nSPS) is 27.0. The summed E-state index contributed by atoms with van der Waals surface area (Å²) >= 11 is 0. The smallest absolute Gasteiger partial charge is 0.160 e. The van der Waals surface area contributed by atoms with Crippen LogP contribution in [0.25, 0.3) is 0 Å². The average molecular weight is 255 g/mol. The lowest BCUT2D eigenvalue weighted by atomic mass is 10.2. The standard InChI is InChI=1S/C11H17N3O2S/c1-14-9-4-5-12-7-8(9)13-11(14)10-3-2-6-17(10,15)16/h10,12H,2-7H2,1H3. The quantitative estimate of drug-likeness (QED) is 0.784. The first-order valence-corrected chi connectivity index (χ1v) is 7.78. The van der Waals surface area contributed by atoms with E-state index in [1.54, 1.807) is 0 Å². The highest BCUT2D eigenvalue weighted by Crippen LogP contribution is 2.34. The summed E-state index contributed by atoms with van der Waals surface area (Å²) in [5.74, 6) is 1.06. The van der Waals surface area contributed by atoms with Crippen molar-refractivity contribution >= 4 is 9.84 Å². The first kappa shape index (κ1) is 11.2. The molecule has 5 nitrogen and oxygen atoms in total. The number of aromatic nitrogens is 2. The molecule has 1 N–H and O–H groups in total. The number of sulfone groups is 1. The van der Waals surface area contributed by atoms with Crippen LogP contribution in [0.5, 0.6) is 0 Å². The van der Waals surface area contributed by atoms with Crippen LogP contribution >= 0.6 is 0 Å². The number of hydrogen-bond donors (Lipinski definition) is 1. The molecule has 1 saturated heterocycles. The molecule has 17 heavy (non-hydrogen) atoms. The van der Waals surface area contributed by atoms with Crippen LogP contribution in [0.3, 0.4) is 0 Å². The van der Waals surface area contributed by atoms with E-state index in [0.29, 0.717) is 5.75 Å². The van der Waals surface area contributed by atoms with E-state index >= 15 is 0 Å². The summed E-state index contributed by atoms with van der Waals surface area (Å²) in [4.78, 5) is 4.55. The van der Waals surface area contributed by atoms with E-state index in [1.165, 1.54) is 5.69 Å². The fraction of sp³-hybridized carbons (Fsp3) is 0.727. The van der Waals surface area contributed by atoms with Crippen molar-refractivity contribution < 1.29 is 8.42 Å². The fourth-order valence-electron chi connectivity index (χ4n) is 2.85. The third-order valence-electron chi connectivity index (χ3n) is 3.78. The molecule has 1 atom stereocenters. The Morgan fingerprint density at radius 2 is 2.29 bits per heavy atom. The maximum atomic E-state index is 12.0. The van der Waals surface area contributed by atoms with Gasteiger partial charge in [0, 0.05) is 32.3 Å². The van der Waals surface area contributed by atoms with E-state index in [-0.39, 0.29) is 5.25 Å². The third-order valence-corrected chi connectivity index (χ3v) is 5.95. The van der Waals surface area contributed by atoms with Crippen LogP contribution in [0.1, 0.15) is 35.3 Å². The van der Waals surface area contributed by atoms with Gasteiger partial charge in [-0.25, -0.2) is 13.4 Å². The molecule has 6 heteroatoms. The molecule has 1 aromatic rings. The van der Waals surface area contributed by atoms with Gasteiger partial charge in [-0.3, -0.25) is 0 Å². The van der Waals surface area contributed by atoms with Crippen LogP contribution in [-0.4, -0.2) is 30.3 Å². The van der Waals surface area contributed by atoms with Gasteiger partial charge in [0.25, 0.3) is 0 Å². The zero-order valence-electron chi connectivity index (χ0n) is 9.94. The molecule has 1 unspecified atom stereocenters. The van der Waals surface area contributed by atoms with Crippen molar-refractivity contribution in [3.8, 4) is 0 Å². The maximum Gasteiger partial charge on any atom is 0.160 e. The number of nitrogens with zero attached hydrogens (tertiary/aromatic N) is 2. The predicted molar refractivity (Wildman–Crippen MR) is 64.4 cm³/mol. The molecule has 94 valence electrons. The molecule has 0 aromatic carbocycles. The molecule has 1 aromatic heterocycles. The molecule has 2 aliphatic heterocycles. The van der Waals surface area contributed by atoms with Crippen molar-refractivity contribution in [3.05, 3.63) is 17.2 Å². The molecule has 2 aliphatic rings. The van der Waals surface area contributed by atoms with E-state index in [2.05, 4.69) is 10.3 Å². The minimum absolute atomic E-state index is 0.313. The van der Waals surface area contributed by atoms with E-state index in [4.69, 9.17) is 0 Å². The Balaban J connectivity index is 2.07. The van der Waals surface area contributed by atoms with Gasteiger partial charge in [0.15, 0.2) is 9.84 Å². The topological polar surface area (TPSA) is 64.0 Å². The molecule has 0 spiro atoms. The highest BCUT2D eigenvalue weighted by Gasteiger charge is 2.36. The minimum atomic E-state index is -2.97. The SMILES string of the molecule is Cn1c(C2CCCS2(=O)=O)nc2c1CCNC2.